The third kappa shape index (κ3) is 3.84. The molecule has 0 fully saturated rings. The maximum atomic E-state index is 14.1. The van der Waals surface area contributed by atoms with E-state index in [2.05, 4.69) is 12.2 Å². The molecule has 0 saturated carbocycles. The summed E-state index contributed by atoms with van der Waals surface area (Å²) >= 11 is 0. The predicted octanol–water partition coefficient (Wildman–Crippen LogP) is 3.55. The van der Waals surface area contributed by atoms with E-state index in [4.69, 9.17) is 4.42 Å². The number of rotatable bonds is 7. The van der Waals surface area contributed by atoms with Crippen molar-refractivity contribution in [3.05, 3.63) is 53.7 Å². The van der Waals surface area contributed by atoms with Crippen molar-refractivity contribution in [2.45, 2.75) is 26.4 Å². The summed E-state index contributed by atoms with van der Waals surface area (Å²) in [6, 6.07) is 9.09. The Morgan fingerprint density at radius 2 is 2.15 bits per heavy atom. The van der Waals surface area contributed by atoms with Gasteiger partial charge in [-0.1, -0.05) is 13.0 Å². The Morgan fingerprint density at radius 1 is 1.30 bits per heavy atom. The quantitative estimate of drug-likeness (QED) is 0.784. The fourth-order valence-electron chi connectivity index (χ4n) is 2.10. The molecule has 0 amide bonds. The lowest BCUT2D eigenvalue weighted by atomic mass is 10.2. The number of halogens is 1. The highest BCUT2D eigenvalue weighted by atomic mass is 19.1. The topological polar surface area (TPSA) is 28.4 Å². The number of benzene rings is 1. The Bertz CT molecular complexity index is 525. The maximum absolute atomic E-state index is 14.1. The van der Waals surface area contributed by atoms with Crippen molar-refractivity contribution < 1.29 is 8.81 Å². The zero-order valence-corrected chi connectivity index (χ0v) is 12.0. The minimum Gasteiger partial charge on any atom is -0.467 e. The first kappa shape index (κ1) is 14.6. The number of anilines is 1. The first-order valence-electron chi connectivity index (χ1n) is 6.93. The highest BCUT2D eigenvalue weighted by molar-refractivity contribution is 5.48. The van der Waals surface area contributed by atoms with Gasteiger partial charge in [-0.2, -0.15) is 0 Å². The van der Waals surface area contributed by atoms with E-state index in [0.29, 0.717) is 18.8 Å². The van der Waals surface area contributed by atoms with Crippen LogP contribution in [0.3, 0.4) is 0 Å². The average Bonchev–Trinajstić information content (AvgIpc) is 2.92. The highest BCUT2D eigenvalue weighted by Crippen LogP contribution is 2.21. The van der Waals surface area contributed by atoms with E-state index in [1.165, 1.54) is 0 Å². The van der Waals surface area contributed by atoms with Crippen LogP contribution >= 0.6 is 0 Å². The maximum Gasteiger partial charge on any atom is 0.146 e. The summed E-state index contributed by atoms with van der Waals surface area (Å²) < 4.78 is 19.4. The summed E-state index contributed by atoms with van der Waals surface area (Å²) in [6.45, 7) is 4.31. The summed E-state index contributed by atoms with van der Waals surface area (Å²) in [5.74, 6) is 0.621. The Kier molecular flexibility index (Phi) is 5.18. The van der Waals surface area contributed by atoms with Gasteiger partial charge in [-0.25, -0.2) is 4.39 Å². The molecule has 20 heavy (non-hydrogen) atoms. The average molecular weight is 276 g/mol. The van der Waals surface area contributed by atoms with E-state index in [9.17, 15) is 4.39 Å². The Hall–Kier alpha value is -1.81. The summed E-state index contributed by atoms with van der Waals surface area (Å²) in [7, 11) is 1.86. The standard InChI is InChI=1S/C16H21FN2O/c1-3-8-18-11-13-6-7-16(15(17)10-13)19(2)12-14-5-4-9-20-14/h4-7,9-10,18H,3,8,11-12H2,1-2H3. The second-order valence-corrected chi connectivity index (χ2v) is 4.90. The Labute approximate surface area is 119 Å². The predicted molar refractivity (Wildman–Crippen MR) is 79.2 cm³/mol. The third-order valence-corrected chi connectivity index (χ3v) is 3.15. The summed E-state index contributed by atoms with van der Waals surface area (Å²) in [4.78, 5) is 1.84. The molecule has 1 aromatic heterocycles. The lowest BCUT2D eigenvalue weighted by Crippen LogP contribution is -2.18. The molecule has 0 saturated heterocycles. The molecule has 0 aliphatic rings. The first-order chi connectivity index (χ1) is 9.70. The molecule has 0 aliphatic heterocycles. The van der Waals surface area contributed by atoms with Crippen LogP contribution in [0, 0.1) is 5.82 Å². The molecule has 1 aromatic carbocycles. The largest absolute Gasteiger partial charge is 0.467 e. The van der Waals surface area contributed by atoms with Gasteiger partial charge in [0.25, 0.3) is 0 Å². The van der Waals surface area contributed by atoms with E-state index in [0.717, 1.165) is 24.3 Å². The summed E-state index contributed by atoms with van der Waals surface area (Å²) in [6.07, 6.45) is 2.70. The van der Waals surface area contributed by atoms with Crippen molar-refractivity contribution >= 4 is 5.69 Å². The van der Waals surface area contributed by atoms with Crippen molar-refractivity contribution in [1.29, 1.82) is 0 Å². The van der Waals surface area contributed by atoms with Crippen LogP contribution in [0.2, 0.25) is 0 Å². The van der Waals surface area contributed by atoms with Crippen molar-refractivity contribution in [2.24, 2.45) is 0 Å². The lowest BCUT2D eigenvalue weighted by molar-refractivity contribution is 0.505. The number of furan rings is 1. The first-order valence-corrected chi connectivity index (χ1v) is 6.93. The van der Waals surface area contributed by atoms with Gasteiger partial charge in [0, 0.05) is 13.6 Å². The molecule has 2 aromatic rings. The van der Waals surface area contributed by atoms with Gasteiger partial charge in [-0.05, 0) is 42.8 Å². The molecule has 108 valence electrons. The van der Waals surface area contributed by atoms with Crippen LogP contribution in [-0.4, -0.2) is 13.6 Å². The van der Waals surface area contributed by atoms with Gasteiger partial charge in [0.05, 0.1) is 18.5 Å². The van der Waals surface area contributed by atoms with Crippen LogP contribution < -0.4 is 10.2 Å². The van der Waals surface area contributed by atoms with Gasteiger partial charge < -0.3 is 14.6 Å². The van der Waals surface area contributed by atoms with Crippen molar-refractivity contribution in [3.63, 3.8) is 0 Å². The van der Waals surface area contributed by atoms with Crippen molar-refractivity contribution in [3.8, 4) is 0 Å². The SMILES string of the molecule is CCCNCc1ccc(N(C)Cc2ccco2)c(F)c1. The molecule has 0 atom stereocenters. The normalized spacial score (nSPS) is 10.8. The molecular weight excluding hydrogens is 255 g/mol. The number of nitrogens with zero attached hydrogens (tertiary/aromatic N) is 1. The zero-order chi connectivity index (χ0) is 14.4. The van der Waals surface area contributed by atoms with Gasteiger partial charge in [0.1, 0.15) is 11.6 Å². The third-order valence-electron chi connectivity index (χ3n) is 3.15. The van der Waals surface area contributed by atoms with Crippen LogP contribution in [0.1, 0.15) is 24.7 Å². The van der Waals surface area contributed by atoms with Crippen LogP contribution in [0.4, 0.5) is 10.1 Å². The van der Waals surface area contributed by atoms with E-state index < -0.39 is 0 Å². The molecular formula is C16H21FN2O. The smallest absolute Gasteiger partial charge is 0.146 e. The van der Waals surface area contributed by atoms with Crippen molar-refractivity contribution in [2.75, 3.05) is 18.5 Å². The van der Waals surface area contributed by atoms with Crippen molar-refractivity contribution in [1.82, 2.24) is 5.32 Å². The van der Waals surface area contributed by atoms with E-state index >= 15 is 0 Å². The number of hydrogen-bond donors (Lipinski definition) is 1. The van der Waals surface area contributed by atoms with Gasteiger partial charge in [0.2, 0.25) is 0 Å². The molecule has 0 unspecified atom stereocenters. The van der Waals surface area contributed by atoms with Crippen LogP contribution in [-0.2, 0) is 13.1 Å². The molecule has 0 spiro atoms. The van der Waals surface area contributed by atoms with E-state index in [-0.39, 0.29) is 5.82 Å². The molecule has 1 heterocycles. The van der Waals surface area contributed by atoms with E-state index in [1.54, 1.807) is 12.3 Å². The molecule has 3 nitrogen and oxygen atoms in total. The minimum absolute atomic E-state index is 0.199. The lowest BCUT2D eigenvalue weighted by Gasteiger charge is -2.19. The number of nitrogens with one attached hydrogen (secondary N) is 1. The van der Waals surface area contributed by atoms with Gasteiger partial charge >= 0.3 is 0 Å². The monoisotopic (exact) mass is 276 g/mol. The molecule has 0 radical (unpaired) electrons. The molecule has 4 heteroatoms. The summed E-state index contributed by atoms with van der Waals surface area (Å²) in [5, 5.41) is 3.27. The van der Waals surface area contributed by atoms with Crippen LogP contribution in [0.15, 0.2) is 41.0 Å². The summed E-state index contributed by atoms with van der Waals surface area (Å²) in [5.41, 5.74) is 1.55. The fraction of sp³-hybridized carbons (Fsp3) is 0.375. The zero-order valence-electron chi connectivity index (χ0n) is 12.0. The van der Waals surface area contributed by atoms with Gasteiger partial charge in [-0.3, -0.25) is 0 Å². The Balaban J connectivity index is 2.01. The van der Waals surface area contributed by atoms with Gasteiger partial charge in [-0.15, -0.1) is 0 Å². The molecule has 2 rings (SSSR count). The molecule has 0 bridgehead atoms. The van der Waals surface area contributed by atoms with Gasteiger partial charge in [0.15, 0.2) is 0 Å². The van der Waals surface area contributed by atoms with Crippen LogP contribution in [0.25, 0.3) is 0 Å². The number of hydrogen-bond acceptors (Lipinski definition) is 3. The van der Waals surface area contributed by atoms with Crippen LogP contribution in [0.5, 0.6) is 0 Å². The second-order valence-electron chi connectivity index (χ2n) is 4.90. The Morgan fingerprint density at radius 3 is 2.80 bits per heavy atom. The molecule has 0 aliphatic carbocycles. The van der Waals surface area contributed by atoms with E-state index in [1.807, 2.05) is 36.2 Å². The minimum atomic E-state index is -0.199. The second kappa shape index (κ2) is 7.10. The fourth-order valence-corrected chi connectivity index (χ4v) is 2.10. The molecule has 1 N–H and O–H groups in total. The highest BCUT2D eigenvalue weighted by Gasteiger charge is 2.10.